The zero-order valence-electron chi connectivity index (χ0n) is 14.6. The van der Waals surface area contributed by atoms with Crippen molar-refractivity contribution in [2.24, 2.45) is 16.6 Å². The van der Waals surface area contributed by atoms with Crippen molar-refractivity contribution in [3.8, 4) is 0 Å². The second-order valence-electron chi connectivity index (χ2n) is 6.39. The largest absolute Gasteiger partial charge is 0.370 e. The molecular weight excluding hydrogens is 329 g/mol. The van der Waals surface area contributed by atoms with Gasteiger partial charge in [-0.3, -0.25) is 4.99 Å². The highest BCUT2D eigenvalue weighted by Gasteiger charge is 2.18. The molecule has 0 spiro atoms. The topological polar surface area (TPSA) is 84.5 Å². The molecule has 1 rings (SSSR count). The van der Waals surface area contributed by atoms with Crippen LogP contribution in [-0.2, 0) is 9.84 Å². The van der Waals surface area contributed by atoms with E-state index in [-0.39, 0.29) is 29.2 Å². The molecule has 3 N–H and O–H groups in total. The van der Waals surface area contributed by atoms with Crippen LogP contribution in [0.5, 0.6) is 0 Å². The Labute approximate surface area is 144 Å². The lowest BCUT2D eigenvalue weighted by atomic mass is 10.0. The molecule has 0 aliphatic rings. The van der Waals surface area contributed by atoms with Gasteiger partial charge in [0.15, 0.2) is 15.8 Å². The first-order valence-electron chi connectivity index (χ1n) is 8.26. The maximum absolute atomic E-state index is 13.6. The molecule has 5 nitrogen and oxygen atoms in total. The highest BCUT2D eigenvalue weighted by Crippen LogP contribution is 2.15. The van der Waals surface area contributed by atoms with Crippen molar-refractivity contribution >= 4 is 15.8 Å². The van der Waals surface area contributed by atoms with Crippen LogP contribution in [0.1, 0.15) is 40.0 Å². The lowest BCUT2D eigenvalue weighted by Crippen LogP contribution is -2.38. The molecule has 24 heavy (non-hydrogen) atoms. The Kier molecular flexibility index (Phi) is 8.18. The minimum absolute atomic E-state index is 0.00574. The van der Waals surface area contributed by atoms with Gasteiger partial charge in [0.2, 0.25) is 0 Å². The van der Waals surface area contributed by atoms with Crippen LogP contribution in [-0.4, -0.2) is 32.7 Å². The van der Waals surface area contributed by atoms with Gasteiger partial charge in [-0.25, -0.2) is 12.8 Å². The van der Waals surface area contributed by atoms with Crippen LogP contribution < -0.4 is 11.1 Å². The summed E-state index contributed by atoms with van der Waals surface area (Å²) in [5.74, 6) is -0.133. The maximum atomic E-state index is 13.6. The second-order valence-corrected chi connectivity index (χ2v) is 8.46. The van der Waals surface area contributed by atoms with Crippen molar-refractivity contribution in [3.63, 3.8) is 0 Å². The molecule has 1 unspecified atom stereocenters. The molecule has 0 radical (unpaired) electrons. The van der Waals surface area contributed by atoms with Gasteiger partial charge in [0.1, 0.15) is 10.7 Å². The van der Waals surface area contributed by atoms with Gasteiger partial charge in [0, 0.05) is 6.04 Å². The van der Waals surface area contributed by atoms with Crippen LogP contribution in [0.2, 0.25) is 0 Å². The summed E-state index contributed by atoms with van der Waals surface area (Å²) < 4.78 is 37.7. The molecule has 0 heterocycles. The summed E-state index contributed by atoms with van der Waals surface area (Å²) >= 11 is 0. The molecule has 0 saturated carbocycles. The van der Waals surface area contributed by atoms with Gasteiger partial charge in [0.25, 0.3) is 0 Å². The number of hydrogen-bond donors (Lipinski definition) is 2. The fourth-order valence-corrected chi connectivity index (χ4v) is 3.50. The average molecular weight is 357 g/mol. The lowest BCUT2D eigenvalue weighted by Gasteiger charge is -2.15. The molecule has 1 atom stereocenters. The highest BCUT2D eigenvalue weighted by molar-refractivity contribution is 7.91. The van der Waals surface area contributed by atoms with E-state index in [0.29, 0.717) is 5.92 Å². The first-order valence-corrected chi connectivity index (χ1v) is 9.91. The quantitative estimate of drug-likeness (QED) is 0.526. The molecule has 1 aromatic carbocycles. The van der Waals surface area contributed by atoms with Crippen LogP contribution in [0.3, 0.4) is 0 Å². The van der Waals surface area contributed by atoms with E-state index in [0.717, 1.165) is 25.3 Å². The van der Waals surface area contributed by atoms with Gasteiger partial charge in [-0.15, -0.1) is 0 Å². The van der Waals surface area contributed by atoms with Crippen molar-refractivity contribution in [1.29, 1.82) is 0 Å². The summed E-state index contributed by atoms with van der Waals surface area (Å²) in [6.45, 7) is 6.38. The number of hydrogen-bond acceptors (Lipinski definition) is 3. The van der Waals surface area contributed by atoms with Crippen LogP contribution in [0.4, 0.5) is 4.39 Å². The predicted molar refractivity (Wildman–Crippen MR) is 96.2 cm³/mol. The molecule has 0 bridgehead atoms. The Bertz CT molecular complexity index is 645. The van der Waals surface area contributed by atoms with E-state index in [1.165, 1.54) is 18.2 Å². The molecule has 0 saturated heterocycles. The summed E-state index contributed by atoms with van der Waals surface area (Å²) in [4.78, 5) is 3.73. The molecule has 0 fully saturated rings. The first kappa shape index (κ1) is 20.4. The number of aliphatic imine (C=N–C) groups is 1. The molecule has 7 heteroatoms. The summed E-state index contributed by atoms with van der Waals surface area (Å²) in [5, 5.41) is 3.05. The summed E-state index contributed by atoms with van der Waals surface area (Å²) in [6.07, 6.45) is 3.23. The van der Waals surface area contributed by atoms with Crippen molar-refractivity contribution in [2.75, 3.05) is 12.3 Å². The Balaban J connectivity index is 2.47. The van der Waals surface area contributed by atoms with E-state index in [1.54, 1.807) is 0 Å². The Morgan fingerprint density at radius 3 is 2.54 bits per heavy atom. The van der Waals surface area contributed by atoms with Gasteiger partial charge in [-0.05, 0) is 31.4 Å². The van der Waals surface area contributed by atoms with E-state index in [1.807, 2.05) is 6.92 Å². The van der Waals surface area contributed by atoms with Crippen molar-refractivity contribution < 1.29 is 12.8 Å². The third-order valence-corrected chi connectivity index (χ3v) is 5.35. The fraction of sp³-hybridized carbons (Fsp3) is 0.588. The van der Waals surface area contributed by atoms with Gasteiger partial charge >= 0.3 is 0 Å². The number of halogens is 1. The third kappa shape index (κ3) is 7.29. The van der Waals surface area contributed by atoms with Gasteiger partial charge < -0.3 is 11.1 Å². The number of benzene rings is 1. The molecule has 0 aliphatic carbocycles. The SMILES string of the molecule is CC(C)CCCC(C)NC(N)=NCCS(=O)(=O)c1ccccc1F. The summed E-state index contributed by atoms with van der Waals surface area (Å²) in [5.41, 5.74) is 5.77. The number of sulfone groups is 1. The molecule has 0 amide bonds. The molecule has 136 valence electrons. The Morgan fingerprint density at radius 1 is 1.25 bits per heavy atom. The number of nitrogens with zero attached hydrogens (tertiary/aromatic N) is 1. The van der Waals surface area contributed by atoms with E-state index < -0.39 is 15.7 Å². The standard InChI is InChI=1S/C17H28FN3O2S/c1-13(2)7-6-8-14(3)21-17(19)20-11-12-24(22,23)16-10-5-4-9-15(16)18/h4-5,9-10,13-14H,6-8,11-12H2,1-3H3,(H3,19,20,21). The summed E-state index contributed by atoms with van der Waals surface area (Å²) in [7, 11) is -3.70. The van der Waals surface area contributed by atoms with Gasteiger partial charge in [-0.1, -0.05) is 38.8 Å². The predicted octanol–water partition coefficient (Wildman–Crippen LogP) is 2.72. The molecule has 1 aromatic rings. The lowest BCUT2D eigenvalue weighted by molar-refractivity contribution is 0.493. The van der Waals surface area contributed by atoms with Gasteiger partial charge in [0.05, 0.1) is 12.3 Å². The normalized spacial score (nSPS) is 14.0. The van der Waals surface area contributed by atoms with Crippen molar-refractivity contribution in [3.05, 3.63) is 30.1 Å². The molecule has 0 aliphatic heterocycles. The number of rotatable bonds is 9. The van der Waals surface area contributed by atoms with Gasteiger partial charge in [-0.2, -0.15) is 0 Å². The zero-order chi connectivity index (χ0) is 18.2. The van der Waals surface area contributed by atoms with Crippen molar-refractivity contribution in [2.45, 2.75) is 51.0 Å². The molecular formula is C17H28FN3O2S. The number of guanidine groups is 1. The summed E-state index contributed by atoms with van der Waals surface area (Å²) in [6, 6.07) is 5.51. The smallest absolute Gasteiger partial charge is 0.188 e. The van der Waals surface area contributed by atoms with Crippen LogP contribution in [0.25, 0.3) is 0 Å². The zero-order valence-corrected chi connectivity index (χ0v) is 15.4. The van der Waals surface area contributed by atoms with Crippen LogP contribution in [0, 0.1) is 11.7 Å². The van der Waals surface area contributed by atoms with Crippen LogP contribution >= 0.6 is 0 Å². The Morgan fingerprint density at radius 2 is 1.92 bits per heavy atom. The Hall–Kier alpha value is -1.63. The van der Waals surface area contributed by atoms with Crippen molar-refractivity contribution in [1.82, 2.24) is 5.32 Å². The molecule has 0 aromatic heterocycles. The minimum atomic E-state index is -3.70. The second kappa shape index (κ2) is 9.61. The van der Waals surface area contributed by atoms with E-state index in [2.05, 4.69) is 24.2 Å². The first-order chi connectivity index (χ1) is 11.2. The fourth-order valence-electron chi connectivity index (χ4n) is 2.30. The van der Waals surface area contributed by atoms with E-state index in [9.17, 15) is 12.8 Å². The van der Waals surface area contributed by atoms with E-state index >= 15 is 0 Å². The average Bonchev–Trinajstić information content (AvgIpc) is 2.46. The van der Waals surface area contributed by atoms with E-state index in [4.69, 9.17) is 5.73 Å². The van der Waals surface area contributed by atoms with Crippen LogP contribution in [0.15, 0.2) is 34.2 Å². The highest BCUT2D eigenvalue weighted by atomic mass is 32.2. The maximum Gasteiger partial charge on any atom is 0.188 e. The third-order valence-electron chi connectivity index (χ3n) is 3.63. The number of nitrogens with one attached hydrogen (secondary N) is 1. The minimum Gasteiger partial charge on any atom is -0.370 e. The monoisotopic (exact) mass is 357 g/mol. The number of nitrogens with two attached hydrogens (primary N) is 1.